The van der Waals surface area contributed by atoms with Crippen molar-refractivity contribution >= 4 is 15.9 Å². The monoisotopic (exact) mass is 388 g/mol. The average Bonchev–Trinajstić information content (AvgIpc) is 3.00. The molecule has 0 radical (unpaired) electrons. The minimum atomic E-state index is -3.27. The summed E-state index contributed by atoms with van der Waals surface area (Å²) < 4.78 is 32.7. The Morgan fingerprint density at radius 2 is 1.81 bits per heavy atom. The summed E-state index contributed by atoms with van der Waals surface area (Å²) in [5, 5.41) is -0.439. The lowest BCUT2D eigenvalue weighted by molar-refractivity contribution is 0.1000. The Labute approximate surface area is 159 Å². The van der Waals surface area contributed by atoms with E-state index in [-0.39, 0.29) is 6.04 Å². The van der Waals surface area contributed by atoms with E-state index >= 15 is 0 Å². The Morgan fingerprint density at radius 1 is 1.15 bits per heavy atom. The van der Waals surface area contributed by atoms with Crippen LogP contribution in [0, 0.1) is 0 Å². The van der Waals surface area contributed by atoms with Crippen molar-refractivity contribution in [3.8, 4) is 5.75 Å². The summed E-state index contributed by atoms with van der Waals surface area (Å²) in [4.78, 5) is 11.1. The Hall–Kier alpha value is -2.38. The summed E-state index contributed by atoms with van der Waals surface area (Å²) >= 11 is 0. The van der Waals surface area contributed by atoms with Crippen LogP contribution in [-0.2, 0) is 29.5 Å². The number of amides is 1. The minimum Gasteiger partial charge on any atom is -0.489 e. The van der Waals surface area contributed by atoms with Crippen LogP contribution in [0.25, 0.3) is 0 Å². The second kappa shape index (κ2) is 7.70. The molecule has 144 valence electrons. The number of sulfonamides is 1. The summed E-state index contributed by atoms with van der Waals surface area (Å²) in [6, 6.07) is 12.7. The number of rotatable bonds is 7. The maximum Gasteiger partial charge on any atom is 0.248 e. The molecule has 6 nitrogen and oxygen atoms in total. The van der Waals surface area contributed by atoms with Gasteiger partial charge in [0.25, 0.3) is 0 Å². The van der Waals surface area contributed by atoms with E-state index in [1.54, 1.807) is 38.1 Å². The number of carbonyl (C=O) groups excluding carboxylic acids is 1. The third-order valence-electron chi connectivity index (χ3n) is 4.70. The molecule has 0 saturated carbocycles. The van der Waals surface area contributed by atoms with Crippen molar-refractivity contribution in [2.24, 2.45) is 5.73 Å². The van der Waals surface area contributed by atoms with Crippen LogP contribution >= 0.6 is 0 Å². The molecule has 7 heteroatoms. The van der Waals surface area contributed by atoms with Gasteiger partial charge in [-0.2, -0.15) is 0 Å². The highest BCUT2D eigenvalue weighted by atomic mass is 32.2. The van der Waals surface area contributed by atoms with Gasteiger partial charge in [0, 0.05) is 11.6 Å². The zero-order valence-electron chi connectivity index (χ0n) is 15.4. The van der Waals surface area contributed by atoms with E-state index in [0.29, 0.717) is 30.8 Å². The molecule has 1 amide bonds. The number of hydrogen-bond acceptors (Lipinski definition) is 4. The third-order valence-corrected chi connectivity index (χ3v) is 6.60. The molecule has 1 aliphatic rings. The summed E-state index contributed by atoms with van der Waals surface area (Å²) in [5.41, 5.74) is 9.00. The highest BCUT2D eigenvalue weighted by Gasteiger charge is 2.27. The second-order valence-corrected chi connectivity index (χ2v) is 9.37. The van der Waals surface area contributed by atoms with Gasteiger partial charge in [-0.25, -0.2) is 13.1 Å². The lowest BCUT2D eigenvalue weighted by atomic mass is 10.1. The summed E-state index contributed by atoms with van der Waals surface area (Å²) in [6.45, 7) is 3.75. The molecule has 0 aliphatic heterocycles. The maximum absolute atomic E-state index is 12.1. The van der Waals surface area contributed by atoms with Gasteiger partial charge < -0.3 is 10.5 Å². The summed E-state index contributed by atoms with van der Waals surface area (Å²) in [6.07, 6.45) is 1.39. The second-order valence-electron chi connectivity index (χ2n) is 7.10. The zero-order valence-corrected chi connectivity index (χ0v) is 16.3. The highest BCUT2D eigenvalue weighted by molar-refractivity contribution is 7.90. The van der Waals surface area contributed by atoms with Crippen LogP contribution < -0.4 is 15.2 Å². The minimum absolute atomic E-state index is 0.0927. The predicted molar refractivity (Wildman–Crippen MR) is 104 cm³/mol. The van der Waals surface area contributed by atoms with Crippen molar-refractivity contribution in [3.63, 3.8) is 0 Å². The molecule has 0 heterocycles. The lowest BCUT2D eigenvalue weighted by Gasteiger charge is -2.14. The zero-order chi connectivity index (χ0) is 19.6. The molecule has 0 unspecified atom stereocenters. The quantitative estimate of drug-likeness (QED) is 0.759. The van der Waals surface area contributed by atoms with Gasteiger partial charge in [0.2, 0.25) is 15.9 Å². The number of ether oxygens (including phenoxy) is 1. The van der Waals surface area contributed by atoms with Crippen LogP contribution in [0.3, 0.4) is 0 Å². The molecule has 0 bridgehead atoms. The van der Waals surface area contributed by atoms with Gasteiger partial charge in [0.15, 0.2) is 0 Å². The lowest BCUT2D eigenvalue weighted by Crippen LogP contribution is -2.39. The molecule has 1 aliphatic carbocycles. The van der Waals surface area contributed by atoms with Gasteiger partial charge >= 0.3 is 0 Å². The fraction of sp³-hybridized carbons (Fsp3) is 0.350. The molecular formula is C20H24N2O4S. The van der Waals surface area contributed by atoms with Crippen LogP contribution in [0.4, 0.5) is 0 Å². The van der Waals surface area contributed by atoms with Crippen molar-refractivity contribution in [1.82, 2.24) is 4.72 Å². The van der Waals surface area contributed by atoms with E-state index in [1.165, 1.54) is 5.56 Å². The molecule has 1 atom stereocenters. The van der Waals surface area contributed by atoms with Crippen molar-refractivity contribution in [2.45, 2.75) is 44.6 Å². The first-order valence-electron chi connectivity index (χ1n) is 8.89. The SMILES string of the molecule is CC(C)S(=O)(=O)N[C@H]1Cc2ccc(COc3ccc(C(N)=O)cc3)cc2C1. The maximum atomic E-state index is 12.1. The molecule has 0 fully saturated rings. The van der Waals surface area contributed by atoms with E-state index in [9.17, 15) is 13.2 Å². The van der Waals surface area contributed by atoms with Gasteiger partial charge in [0.1, 0.15) is 12.4 Å². The number of carbonyl (C=O) groups is 1. The van der Waals surface area contributed by atoms with Crippen LogP contribution in [0.5, 0.6) is 5.75 Å². The average molecular weight is 388 g/mol. The third kappa shape index (κ3) is 4.67. The molecule has 0 spiro atoms. The molecule has 2 aromatic rings. The fourth-order valence-corrected chi connectivity index (χ4v) is 4.00. The Balaban J connectivity index is 1.61. The number of primary amides is 1. The normalized spacial score (nSPS) is 16.3. The summed E-state index contributed by atoms with van der Waals surface area (Å²) in [5.74, 6) is 0.186. The van der Waals surface area contributed by atoms with Crippen molar-refractivity contribution < 1.29 is 17.9 Å². The molecule has 0 aromatic heterocycles. The van der Waals surface area contributed by atoms with Crippen molar-refractivity contribution in [2.75, 3.05) is 0 Å². The Kier molecular flexibility index (Phi) is 5.53. The molecule has 2 aromatic carbocycles. The van der Waals surface area contributed by atoms with Gasteiger partial charge in [0.05, 0.1) is 5.25 Å². The number of nitrogens with one attached hydrogen (secondary N) is 1. The topological polar surface area (TPSA) is 98.5 Å². The van der Waals surface area contributed by atoms with Crippen LogP contribution in [-0.4, -0.2) is 25.6 Å². The van der Waals surface area contributed by atoms with E-state index < -0.39 is 21.2 Å². The first kappa shape index (κ1) is 19.4. The fourth-order valence-electron chi connectivity index (χ4n) is 3.10. The molecular weight excluding hydrogens is 364 g/mol. The number of fused-ring (bicyclic) bond motifs is 1. The predicted octanol–water partition coefficient (Wildman–Crippen LogP) is 2.16. The standard InChI is InChI=1S/C20H24N2O4S/c1-13(2)27(24,25)22-18-10-16-4-3-14(9-17(16)11-18)12-26-19-7-5-15(6-8-19)20(21)23/h3-9,13,18,22H,10-12H2,1-2H3,(H2,21,23)/t18-/m0/s1. The van der Waals surface area contributed by atoms with Gasteiger partial charge in [-0.3, -0.25) is 4.79 Å². The van der Waals surface area contributed by atoms with Crippen molar-refractivity contribution in [1.29, 1.82) is 0 Å². The molecule has 27 heavy (non-hydrogen) atoms. The van der Waals surface area contributed by atoms with Crippen LogP contribution in [0.15, 0.2) is 42.5 Å². The first-order chi connectivity index (χ1) is 12.7. The molecule has 3 N–H and O–H groups in total. The summed E-state index contributed by atoms with van der Waals surface area (Å²) in [7, 11) is -3.27. The van der Waals surface area contributed by atoms with Gasteiger partial charge in [-0.05, 0) is 67.6 Å². The van der Waals surface area contributed by atoms with E-state index in [2.05, 4.69) is 10.8 Å². The number of benzene rings is 2. The molecule has 0 saturated heterocycles. The van der Waals surface area contributed by atoms with E-state index in [1.807, 2.05) is 12.1 Å². The van der Waals surface area contributed by atoms with Gasteiger partial charge in [-0.1, -0.05) is 18.2 Å². The van der Waals surface area contributed by atoms with Gasteiger partial charge in [-0.15, -0.1) is 0 Å². The van der Waals surface area contributed by atoms with E-state index in [0.717, 1.165) is 11.1 Å². The highest BCUT2D eigenvalue weighted by Crippen LogP contribution is 2.25. The largest absolute Gasteiger partial charge is 0.489 e. The van der Waals surface area contributed by atoms with E-state index in [4.69, 9.17) is 10.5 Å². The smallest absolute Gasteiger partial charge is 0.248 e. The van der Waals surface area contributed by atoms with Crippen LogP contribution in [0.2, 0.25) is 0 Å². The van der Waals surface area contributed by atoms with Crippen molar-refractivity contribution in [3.05, 3.63) is 64.7 Å². The Bertz CT molecular complexity index is 937. The van der Waals surface area contributed by atoms with Crippen LogP contribution in [0.1, 0.15) is 40.9 Å². The Morgan fingerprint density at radius 3 is 2.44 bits per heavy atom. The first-order valence-corrected chi connectivity index (χ1v) is 10.4. The molecule has 3 rings (SSSR count). The number of hydrogen-bond donors (Lipinski definition) is 2. The number of nitrogens with two attached hydrogens (primary N) is 1.